The maximum atomic E-state index is 12.3. The summed E-state index contributed by atoms with van der Waals surface area (Å²) in [6, 6.07) is 19.8. The largest absolute Gasteiger partial charge is 0.353 e. The molecule has 0 aliphatic carbocycles. The van der Waals surface area contributed by atoms with Crippen LogP contribution in [0.15, 0.2) is 70.4 Å². The van der Waals surface area contributed by atoms with Crippen LogP contribution in [-0.4, -0.2) is 22.3 Å². The van der Waals surface area contributed by atoms with Gasteiger partial charge in [-0.05, 0) is 31.4 Å². The molecule has 3 aromatic rings. The number of para-hydroxylation sites is 1. The molecule has 5 heteroatoms. The van der Waals surface area contributed by atoms with Crippen LogP contribution >= 0.6 is 11.8 Å². The average Bonchev–Trinajstić information content (AvgIpc) is 2.69. The van der Waals surface area contributed by atoms with Gasteiger partial charge in [-0.1, -0.05) is 48.5 Å². The van der Waals surface area contributed by atoms with E-state index >= 15 is 0 Å². The SMILES string of the molecule is CC(CCc1ccccc1)NC(=O)CSc1cc(=O)n(C)c2ccccc12. The highest BCUT2D eigenvalue weighted by Gasteiger charge is 2.11. The molecule has 0 spiro atoms. The molecule has 0 radical (unpaired) electrons. The smallest absolute Gasteiger partial charge is 0.251 e. The van der Waals surface area contributed by atoms with Gasteiger partial charge < -0.3 is 9.88 Å². The Kier molecular flexibility index (Phi) is 6.35. The first-order chi connectivity index (χ1) is 13.0. The Hall–Kier alpha value is -2.53. The summed E-state index contributed by atoms with van der Waals surface area (Å²) < 4.78 is 1.63. The summed E-state index contributed by atoms with van der Waals surface area (Å²) in [5.41, 5.74) is 2.09. The predicted molar refractivity (Wildman–Crippen MR) is 112 cm³/mol. The van der Waals surface area contributed by atoms with E-state index in [-0.39, 0.29) is 17.5 Å². The molecule has 0 saturated heterocycles. The Labute approximate surface area is 163 Å². The van der Waals surface area contributed by atoms with Gasteiger partial charge in [-0.15, -0.1) is 11.8 Å². The lowest BCUT2D eigenvalue weighted by atomic mass is 10.1. The van der Waals surface area contributed by atoms with E-state index in [4.69, 9.17) is 0 Å². The van der Waals surface area contributed by atoms with Gasteiger partial charge in [0.1, 0.15) is 0 Å². The number of amides is 1. The van der Waals surface area contributed by atoms with Gasteiger partial charge >= 0.3 is 0 Å². The van der Waals surface area contributed by atoms with Crippen LogP contribution in [0.2, 0.25) is 0 Å². The number of benzene rings is 2. The van der Waals surface area contributed by atoms with Crippen molar-refractivity contribution in [3.8, 4) is 0 Å². The third-order valence-electron chi connectivity index (χ3n) is 4.59. The van der Waals surface area contributed by atoms with Gasteiger partial charge in [-0.25, -0.2) is 0 Å². The molecule has 3 rings (SSSR count). The first kappa shape index (κ1) is 19.2. The molecule has 0 aliphatic heterocycles. The van der Waals surface area contributed by atoms with Gasteiger partial charge in [-0.3, -0.25) is 9.59 Å². The zero-order valence-corrected chi connectivity index (χ0v) is 16.5. The highest BCUT2D eigenvalue weighted by molar-refractivity contribution is 8.00. The number of aromatic nitrogens is 1. The van der Waals surface area contributed by atoms with E-state index in [1.807, 2.05) is 49.4 Å². The Bertz CT molecular complexity index is 983. The number of nitrogens with one attached hydrogen (secondary N) is 1. The van der Waals surface area contributed by atoms with Crippen molar-refractivity contribution in [1.82, 2.24) is 9.88 Å². The molecule has 140 valence electrons. The lowest BCUT2D eigenvalue weighted by molar-refractivity contribution is -0.119. The third kappa shape index (κ3) is 5.01. The second-order valence-electron chi connectivity index (χ2n) is 6.70. The molecular weight excluding hydrogens is 356 g/mol. The number of hydrogen-bond donors (Lipinski definition) is 1. The fourth-order valence-electron chi connectivity index (χ4n) is 3.06. The number of carbonyl (C=O) groups excluding carboxylic acids is 1. The molecule has 27 heavy (non-hydrogen) atoms. The van der Waals surface area contributed by atoms with Crippen LogP contribution in [0.1, 0.15) is 18.9 Å². The number of rotatable bonds is 7. The van der Waals surface area contributed by atoms with E-state index < -0.39 is 0 Å². The van der Waals surface area contributed by atoms with Crippen molar-refractivity contribution in [3.05, 3.63) is 76.6 Å². The van der Waals surface area contributed by atoms with Crippen LogP contribution in [-0.2, 0) is 18.3 Å². The van der Waals surface area contributed by atoms with Crippen molar-refractivity contribution in [2.75, 3.05) is 5.75 Å². The van der Waals surface area contributed by atoms with Crippen LogP contribution in [0.3, 0.4) is 0 Å². The molecule has 1 N–H and O–H groups in total. The molecule has 1 heterocycles. The van der Waals surface area contributed by atoms with E-state index in [2.05, 4.69) is 17.4 Å². The van der Waals surface area contributed by atoms with Crippen LogP contribution in [0.25, 0.3) is 10.9 Å². The second-order valence-corrected chi connectivity index (χ2v) is 7.72. The number of thioether (sulfide) groups is 1. The average molecular weight is 381 g/mol. The summed E-state index contributed by atoms with van der Waals surface area (Å²) in [5, 5.41) is 4.05. The summed E-state index contributed by atoms with van der Waals surface area (Å²) in [5.74, 6) is 0.289. The summed E-state index contributed by atoms with van der Waals surface area (Å²) in [7, 11) is 1.76. The lowest BCUT2D eigenvalue weighted by Gasteiger charge is -2.14. The quantitative estimate of drug-likeness (QED) is 0.635. The number of pyridine rings is 1. The summed E-state index contributed by atoms with van der Waals surface area (Å²) in [6.45, 7) is 2.03. The zero-order chi connectivity index (χ0) is 19.2. The van der Waals surface area contributed by atoms with E-state index in [1.165, 1.54) is 17.3 Å². The number of hydrogen-bond acceptors (Lipinski definition) is 3. The summed E-state index contributed by atoms with van der Waals surface area (Å²) in [4.78, 5) is 25.3. The maximum Gasteiger partial charge on any atom is 0.251 e. The molecule has 1 amide bonds. The molecule has 1 atom stereocenters. The number of nitrogens with zero attached hydrogens (tertiary/aromatic N) is 1. The molecule has 0 aliphatic rings. The van der Waals surface area contributed by atoms with Gasteiger partial charge in [0, 0.05) is 29.4 Å². The van der Waals surface area contributed by atoms with Crippen LogP contribution < -0.4 is 10.9 Å². The van der Waals surface area contributed by atoms with E-state index in [9.17, 15) is 9.59 Å². The van der Waals surface area contributed by atoms with Crippen molar-refractivity contribution in [1.29, 1.82) is 0 Å². The molecule has 1 aromatic heterocycles. The standard InChI is InChI=1S/C22H24N2O2S/c1-16(12-13-17-8-4-3-5-9-17)23-21(25)15-27-20-14-22(26)24(2)19-11-7-6-10-18(19)20/h3-11,14,16H,12-13,15H2,1-2H3,(H,23,25). The topological polar surface area (TPSA) is 51.1 Å². The Morgan fingerprint density at radius 3 is 2.59 bits per heavy atom. The minimum Gasteiger partial charge on any atom is -0.353 e. The lowest BCUT2D eigenvalue weighted by Crippen LogP contribution is -2.34. The number of fused-ring (bicyclic) bond motifs is 1. The van der Waals surface area contributed by atoms with Crippen molar-refractivity contribution < 1.29 is 4.79 Å². The van der Waals surface area contributed by atoms with Crippen LogP contribution in [0, 0.1) is 0 Å². The van der Waals surface area contributed by atoms with Crippen LogP contribution in [0.4, 0.5) is 0 Å². The maximum absolute atomic E-state index is 12.3. The Morgan fingerprint density at radius 1 is 1.11 bits per heavy atom. The van der Waals surface area contributed by atoms with E-state index in [1.54, 1.807) is 17.7 Å². The molecule has 2 aromatic carbocycles. The van der Waals surface area contributed by atoms with Gasteiger partial charge in [0.15, 0.2) is 0 Å². The van der Waals surface area contributed by atoms with Crippen molar-refractivity contribution in [2.45, 2.75) is 30.7 Å². The zero-order valence-electron chi connectivity index (χ0n) is 15.6. The summed E-state index contributed by atoms with van der Waals surface area (Å²) in [6.07, 6.45) is 1.84. The number of carbonyl (C=O) groups is 1. The molecule has 4 nitrogen and oxygen atoms in total. The first-order valence-corrected chi connectivity index (χ1v) is 10.1. The first-order valence-electron chi connectivity index (χ1n) is 9.09. The normalized spacial score (nSPS) is 12.1. The van der Waals surface area contributed by atoms with Gasteiger partial charge in [0.2, 0.25) is 5.91 Å². The third-order valence-corrected chi connectivity index (χ3v) is 5.65. The van der Waals surface area contributed by atoms with Crippen LogP contribution in [0.5, 0.6) is 0 Å². The van der Waals surface area contributed by atoms with E-state index in [0.29, 0.717) is 5.75 Å². The highest BCUT2D eigenvalue weighted by Crippen LogP contribution is 2.25. The molecular formula is C22H24N2O2S. The molecule has 0 fully saturated rings. The minimum atomic E-state index is -0.0622. The molecule has 1 unspecified atom stereocenters. The monoisotopic (exact) mass is 380 g/mol. The summed E-state index contributed by atoms with van der Waals surface area (Å²) >= 11 is 1.41. The number of aryl methyl sites for hydroxylation is 2. The second kappa shape index (κ2) is 8.91. The van der Waals surface area contributed by atoms with Crippen molar-refractivity contribution in [3.63, 3.8) is 0 Å². The highest BCUT2D eigenvalue weighted by atomic mass is 32.2. The minimum absolute atomic E-state index is 0.00896. The molecule has 0 bridgehead atoms. The van der Waals surface area contributed by atoms with Crippen molar-refractivity contribution in [2.24, 2.45) is 7.05 Å². The fraction of sp³-hybridized carbons (Fsp3) is 0.273. The van der Waals surface area contributed by atoms with Gasteiger partial charge in [0.05, 0.1) is 11.3 Å². The van der Waals surface area contributed by atoms with Gasteiger partial charge in [0.25, 0.3) is 5.56 Å². The van der Waals surface area contributed by atoms with Crippen molar-refractivity contribution >= 4 is 28.6 Å². The van der Waals surface area contributed by atoms with Gasteiger partial charge in [-0.2, -0.15) is 0 Å². The molecule has 0 saturated carbocycles. The van der Waals surface area contributed by atoms with E-state index in [0.717, 1.165) is 28.6 Å². The Morgan fingerprint density at radius 2 is 1.81 bits per heavy atom. The predicted octanol–water partition coefficient (Wildman–Crippen LogP) is 3.77. The fourth-order valence-corrected chi connectivity index (χ4v) is 3.94. The Balaban J connectivity index is 1.57.